The van der Waals surface area contributed by atoms with E-state index in [0.717, 1.165) is 11.3 Å². The van der Waals surface area contributed by atoms with Gasteiger partial charge in [0.05, 0.1) is 5.69 Å². The van der Waals surface area contributed by atoms with Crippen molar-refractivity contribution in [2.45, 2.75) is 38.6 Å². The number of carbonyl (C=O) groups excluding carboxylic acids is 1. The van der Waals surface area contributed by atoms with Gasteiger partial charge in [-0.05, 0) is 50.8 Å². The average molecular weight is 474 g/mol. The monoisotopic (exact) mass is 473 g/mol. The van der Waals surface area contributed by atoms with Crippen molar-refractivity contribution in [3.8, 4) is 11.3 Å². The Morgan fingerprint density at radius 2 is 1.84 bits per heavy atom. The summed E-state index contributed by atoms with van der Waals surface area (Å²) in [5.74, 6) is 0.277. The molecular formula is C22H27N5O3S2. The quantitative estimate of drug-likeness (QED) is 0.612. The van der Waals surface area contributed by atoms with Crippen LogP contribution in [0.4, 0.5) is 5.13 Å². The number of nitrogens with one attached hydrogen (secondary N) is 1. The van der Waals surface area contributed by atoms with E-state index in [0.29, 0.717) is 36.9 Å². The van der Waals surface area contributed by atoms with Crippen LogP contribution in [0.2, 0.25) is 0 Å². The van der Waals surface area contributed by atoms with Gasteiger partial charge in [0, 0.05) is 43.2 Å². The molecule has 1 aliphatic rings. The highest BCUT2D eigenvalue weighted by atomic mass is 32.2. The van der Waals surface area contributed by atoms with Crippen molar-refractivity contribution in [1.29, 1.82) is 0 Å². The Morgan fingerprint density at radius 3 is 2.47 bits per heavy atom. The van der Waals surface area contributed by atoms with Gasteiger partial charge in [0.2, 0.25) is 5.91 Å². The minimum absolute atomic E-state index is 0.0575. The second kappa shape index (κ2) is 8.76. The number of aryl methyl sites for hydroxylation is 4. The maximum Gasteiger partial charge on any atom is 0.262 e. The molecule has 3 heterocycles. The number of piperidine rings is 1. The third kappa shape index (κ3) is 4.48. The number of benzene rings is 1. The predicted molar refractivity (Wildman–Crippen MR) is 125 cm³/mol. The van der Waals surface area contributed by atoms with Crippen molar-refractivity contribution in [3.05, 3.63) is 46.7 Å². The fourth-order valence-electron chi connectivity index (χ4n) is 3.71. The van der Waals surface area contributed by atoms with Crippen LogP contribution in [0, 0.1) is 26.7 Å². The molecule has 10 heteroatoms. The molecular weight excluding hydrogens is 446 g/mol. The molecule has 0 aliphatic carbocycles. The van der Waals surface area contributed by atoms with Gasteiger partial charge in [-0.15, -0.1) is 11.3 Å². The normalized spacial score (nSPS) is 15.8. The molecule has 1 aromatic carbocycles. The van der Waals surface area contributed by atoms with Gasteiger partial charge in [-0.25, -0.2) is 18.4 Å². The third-order valence-corrected chi connectivity index (χ3v) is 8.58. The number of amides is 1. The Hall–Kier alpha value is -2.56. The van der Waals surface area contributed by atoms with E-state index in [1.807, 2.05) is 11.4 Å². The summed E-state index contributed by atoms with van der Waals surface area (Å²) in [6.07, 6.45) is 2.46. The van der Waals surface area contributed by atoms with Crippen molar-refractivity contribution >= 4 is 32.4 Å². The van der Waals surface area contributed by atoms with Crippen LogP contribution in [-0.4, -0.2) is 46.3 Å². The first kappa shape index (κ1) is 22.6. The third-order valence-electron chi connectivity index (χ3n) is 6.05. The smallest absolute Gasteiger partial charge is 0.262 e. The summed E-state index contributed by atoms with van der Waals surface area (Å²) in [4.78, 5) is 21.5. The number of aromatic nitrogens is 3. The molecule has 4 rings (SSSR count). The van der Waals surface area contributed by atoms with Gasteiger partial charge in [0.15, 0.2) is 10.2 Å². The van der Waals surface area contributed by atoms with Gasteiger partial charge < -0.3 is 9.88 Å². The van der Waals surface area contributed by atoms with Gasteiger partial charge in [-0.3, -0.25) is 4.79 Å². The van der Waals surface area contributed by atoms with Crippen LogP contribution in [0.15, 0.2) is 34.8 Å². The number of nitrogens with zero attached hydrogens (tertiary/aromatic N) is 4. The summed E-state index contributed by atoms with van der Waals surface area (Å²) in [6, 6.07) is 6.19. The van der Waals surface area contributed by atoms with E-state index in [2.05, 4.69) is 41.3 Å². The zero-order valence-electron chi connectivity index (χ0n) is 18.6. The van der Waals surface area contributed by atoms with Gasteiger partial charge in [0.1, 0.15) is 5.82 Å². The summed E-state index contributed by atoms with van der Waals surface area (Å²) >= 11 is 1.39. The van der Waals surface area contributed by atoms with E-state index < -0.39 is 10.0 Å². The van der Waals surface area contributed by atoms with Crippen LogP contribution < -0.4 is 5.32 Å². The molecule has 32 heavy (non-hydrogen) atoms. The number of carbonyl (C=O) groups is 1. The van der Waals surface area contributed by atoms with Gasteiger partial charge in [0.25, 0.3) is 10.0 Å². The summed E-state index contributed by atoms with van der Waals surface area (Å²) in [5, 5.41) is 5.46. The summed E-state index contributed by atoms with van der Waals surface area (Å²) in [5.41, 5.74) is 4.28. The molecule has 8 nitrogen and oxygen atoms in total. The minimum Gasteiger partial charge on any atom is -0.337 e. The van der Waals surface area contributed by atoms with E-state index >= 15 is 0 Å². The molecule has 1 saturated heterocycles. The summed E-state index contributed by atoms with van der Waals surface area (Å²) in [7, 11) is -1.88. The summed E-state index contributed by atoms with van der Waals surface area (Å²) < 4.78 is 28.8. The zero-order chi connectivity index (χ0) is 23.0. The molecule has 0 bridgehead atoms. The number of anilines is 1. The molecule has 1 N–H and O–H groups in total. The van der Waals surface area contributed by atoms with Crippen molar-refractivity contribution in [3.63, 3.8) is 0 Å². The number of imidazole rings is 1. The van der Waals surface area contributed by atoms with E-state index in [4.69, 9.17) is 0 Å². The van der Waals surface area contributed by atoms with Crippen molar-refractivity contribution in [1.82, 2.24) is 18.8 Å². The molecule has 0 atom stereocenters. The van der Waals surface area contributed by atoms with Crippen LogP contribution in [0.3, 0.4) is 0 Å². The molecule has 1 aliphatic heterocycles. The van der Waals surface area contributed by atoms with Crippen LogP contribution in [-0.2, 0) is 21.9 Å². The van der Waals surface area contributed by atoms with E-state index in [9.17, 15) is 13.2 Å². The number of hydrogen-bond acceptors (Lipinski definition) is 6. The highest BCUT2D eigenvalue weighted by molar-refractivity contribution is 7.89. The van der Waals surface area contributed by atoms with Crippen molar-refractivity contribution in [2.24, 2.45) is 13.0 Å². The predicted octanol–water partition coefficient (Wildman–Crippen LogP) is 3.51. The molecule has 0 spiro atoms. The van der Waals surface area contributed by atoms with Crippen LogP contribution in [0.1, 0.15) is 29.8 Å². The number of rotatable bonds is 5. The van der Waals surface area contributed by atoms with Crippen LogP contribution in [0.25, 0.3) is 11.3 Å². The lowest BCUT2D eigenvalue weighted by atomic mass is 9.97. The zero-order valence-corrected chi connectivity index (χ0v) is 20.3. The van der Waals surface area contributed by atoms with Gasteiger partial charge in [-0.2, -0.15) is 4.31 Å². The number of sulfonamides is 1. The molecule has 3 aromatic rings. The molecule has 170 valence electrons. The standard InChI is InChI=1S/C22H27N5O3S2/c1-14-5-6-18(11-15(14)2)19-13-31-22(24-19)25-21(28)17-7-9-27(10-8-17)32(29,30)20-12-26(4)16(3)23-20/h5-6,11-13,17H,7-10H2,1-4H3,(H,24,25,28). The van der Waals surface area contributed by atoms with Crippen LogP contribution in [0.5, 0.6) is 0 Å². The fourth-order valence-corrected chi connectivity index (χ4v) is 5.93. The molecule has 1 amide bonds. The Balaban J connectivity index is 1.37. The minimum atomic E-state index is -3.65. The van der Waals surface area contributed by atoms with Gasteiger partial charge >= 0.3 is 0 Å². The molecule has 0 unspecified atom stereocenters. The average Bonchev–Trinajstić information content (AvgIpc) is 3.37. The largest absolute Gasteiger partial charge is 0.337 e. The maximum absolute atomic E-state index is 12.8. The van der Waals surface area contributed by atoms with E-state index in [1.165, 1.54) is 33.0 Å². The second-order valence-corrected chi connectivity index (χ2v) is 11.0. The highest BCUT2D eigenvalue weighted by Gasteiger charge is 2.33. The number of thiazole rings is 1. The van der Waals surface area contributed by atoms with Crippen molar-refractivity contribution < 1.29 is 13.2 Å². The lowest BCUT2D eigenvalue weighted by molar-refractivity contribution is -0.120. The van der Waals surface area contributed by atoms with Crippen molar-refractivity contribution in [2.75, 3.05) is 18.4 Å². The Labute approximate surface area is 192 Å². The molecule has 0 radical (unpaired) electrons. The SMILES string of the molecule is Cc1ccc(-c2csc(NC(=O)C3CCN(S(=O)(=O)c4cn(C)c(C)n4)CC3)n2)cc1C. The maximum atomic E-state index is 12.8. The Kier molecular flexibility index (Phi) is 6.19. The van der Waals surface area contributed by atoms with Gasteiger partial charge in [-0.1, -0.05) is 12.1 Å². The van der Waals surface area contributed by atoms with Crippen LogP contribution >= 0.6 is 11.3 Å². The lowest BCUT2D eigenvalue weighted by Gasteiger charge is -2.29. The first-order chi connectivity index (χ1) is 15.1. The summed E-state index contributed by atoms with van der Waals surface area (Å²) in [6.45, 7) is 6.48. The molecule has 1 fully saturated rings. The van der Waals surface area contributed by atoms with E-state index in [-0.39, 0.29) is 16.9 Å². The Bertz CT molecular complexity index is 1230. The number of hydrogen-bond donors (Lipinski definition) is 1. The molecule has 0 saturated carbocycles. The fraction of sp³-hybridized carbons (Fsp3) is 0.409. The molecule has 2 aromatic heterocycles. The highest BCUT2D eigenvalue weighted by Crippen LogP contribution is 2.28. The topological polar surface area (TPSA) is 97.2 Å². The first-order valence-electron chi connectivity index (χ1n) is 10.5. The second-order valence-electron chi connectivity index (χ2n) is 8.24. The first-order valence-corrected chi connectivity index (χ1v) is 12.8. The lowest BCUT2D eigenvalue weighted by Crippen LogP contribution is -2.41. The van der Waals surface area contributed by atoms with E-state index in [1.54, 1.807) is 18.5 Å². The Morgan fingerprint density at radius 1 is 1.12 bits per heavy atom.